The summed E-state index contributed by atoms with van der Waals surface area (Å²) in [5, 5.41) is 23.0. The fraction of sp³-hybridized carbons (Fsp3) is 0.889. The van der Waals surface area contributed by atoms with Crippen molar-refractivity contribution in [3.8, 4) is 0 Å². The highest BCUT2D eigenvalue weighted by atomic mass is 16.5. The summed E-state index contributed by atoms with van der Waals surface area (Å²) < 4.78 is 4.72. The van der Waals surface area contributed by atoms with Crippen molar-refractivity contribution in [2.24, 2.45) is 5.11 Å². The zero-order chi connectivity index (χ0) is 12.2. The van der Waals surface area contributed by atoms with Crippen molar-refractivity contribution in [1.82, 2.24) is 0 Å². The molecule has 0 spiro atoms. The number of hydrogen-bond acceptors (Lipinski definition) is 5. The van der Waals surface area contributed by atoms with Crippen LogP contribution in [0.1, 0.15) is 26.2 Å². The smallest absolute Gasteiger partial charge is 0.308 e. The molecule has 1 aliphatic carbocycles. The monoisotopic (exact) mass is 229 g/mol. The van der Waals surface area contributed by atoms with Gasteiger partial charge in [-0.25, -0.2) is 0 Å². The van der Waals surface area contributed by atoms with Gasteiger partial charge in [0, 0.05) is 4.91 Å². The number of aliphatic hydroxyl groups excluding tert-OH is 1. The van der Waals surface area contributed by atoms with Crippen molar-refractivity contribution in [3.63, 3.8) is 0 Å². The Balaban J connectivity index is 2.74. The van der Waals surface area contributed by atoms with Crippen molar-refractivity contribution in [2.75, 3.05) is 6.61 Å². The Hall–Kier alpha value is -1.30. The topological polar surface area (TPSA) is 116 Å². The Morgan fingerprint density at radius 2 is 2.44 bits per heavy atom. The number of nitrogens with zero attached hydrogens (tertiary/aromatic N) is 3. The Morgan fingerprint density at radius 3 is 3.00 bits per heavy atom. The summed E-state index contributed by atoms with van der Waals surface area (Å²) in [5.41, 5.74) is 6.85. The highest BCUT2D eigenvalue weighted by molar-refractivity contribution is 5.71. The lowest BCUT2D eigenvalue weighted by Crippen LogP contribution is -2.42. The van der Waals surface area contributed by atoms with E-state index in [0.29, 0.717) is 6.42 Å². The molecule has 1 fully saturated rings. The number of rotatable bonds is 4. The lowest BCUT2D eigenvalue weighted by atomic mass is 9.93. The van der Waals surface area contributed by atoms with Crippen LogP contribution < -0.4 is 0 Å². The molecular weight excluding hydrogens is 214 g/mol. The summed E-state index contributed by atoms with van der Waals surface area (Å²) in [6.45, 7) is 1.89. The van der Waals surface area contributed by atoms with E-state index in [4.69, 9.17) is 10.3 Å². The molecule has 7 heteroatoms. The first kappa shape index (κ1) is 12.8. The van der Waals surface area contributed by atoms with Crippen molar-refractivity contribution >= 4 is 5.97 Å². The molecule has 1 aliphatic rings. The van der Waals surface area contributed by atoms with Gasteiger partial charge in [0.1, 0.15) is 0 Å². The van der Waals surface area contributed by atoms with Gasteiger partial charge in [0.2, 0.25) is 0 Å². The van der Waals surface area contributed by atoms with Crippen LogP contribution in [0.15, 0.2) is 5.11 Å². The van der Waals surface area contributed by atoms with Crippen LogP contribution >= 0.6 is 0 Å². The minimum absolute atomic E-state index is 0.219. The minimum atomic E-state index is -1.49. The number of ether oxygens (including phenoxy) is 1. The van der Waals surface area contributed by atoms with Crippen LogP contribution in [0.3, 0.4) is 0 Å². The van der Waals surface area contributed by atoms with E-state index in [2.05, 4.69) is 10.0 Å². The maximum Gasteiger partial charge on any atom is 0.308 e. The zero-order valence-electron chi connectivity index (χ0n) is 9.04. The van der Waals surface area contributed by atoms with Gasteiger partial charge in [0.05, 0.1) is 30.8 Å². The standard InChI is InChI=1S/C9H15N3O4/c1-2-16-7(14)5-9(15)4-3-6(13)8(9)11-12-10/h6,8,13,15H,2-5H2,1H3/t6-,8+,9-/m0/s1. The third-order valence-electron chi connectivity index (χ3n) is 2.72. The molecule has 90 valence electrons. The fourth-order valence-corrected chi connectivity index (χ4v) is 1.96. The van der Waals surface area contributed by atoms with E-state index in [-0.39, 0.29) is 19.4 Å². The molecule has 7 nitrogen and oxygen atoms in total. The second kappa shape index (κ2) is 5.16. The molecule has 0 unspecified atom stereocenters. The predicted molar refractivity (Wildman–Crippen MR) is 54.4 cm³/mol. The summed E-state index contributed by atoms with van der Waals surface area (Å²) in [4.78, 5) is 13.8. The molecule has 0 aliphatic heterocycles. The highest BCUT2D eigenvalue weighted by Crippen LogP contribution is 2.35. The quantitative estimate of drug-likeness (QED) is 0.316. The average Bonchev–Trinajstić information content (AvgIpc) is 2.47. The second-order valence-electron chi connectivity index (χ2n) is 3.84. The molecule has 1 rings (SSSR count). The van der Waals surface area contributed by atoms with Crippen LogP contribution in [0.4, 0.5) is 0 Å². The molecule has 0 heterocycles. The van der Waals surface area contributed by atoms with Crippen molar-refractivity contribution in [3.05, 3.63) is 10.4 Å². The van der Waals surface area contributed by atoms with Gasteiger partial charge >= 0.3 is 5.97 Å². The van der Waals surface area contributed by atoms with Gasteiger partial charge in [-0.05, 0) is 25.3 Å². The third-order valence-corrected chi connectivity index (χ3v) is 2.72. The van der Waals surface area contributed by atoms with Crippen LogP contribution in [0.5, 0.6) is 0 Å². The van der Waals surface area contributed by atoms with E-state index in [1.165, 1.54) is 0 Å². The summed E-state index contributed by atoms with van der Waals surface area (Å²) in [7, 11) is 0. The number of esters is 1. The molecule has 0 bridgehead atoms. The first-order chi connectivity index (χ1) is 7.53. The highest BCUT2D eigenvalue weighted by Gasteiger charge is 2.47. The van der Waals surface area contributed by atoms with E-state index < -0.39 is 23.7 Å². The maximum absolute atomic E-state index is 11.3. The van der Waals surface area contributed by atoms with Gasteiger partial charge < -0.3 is 14.9 Å². The Labute approximate surface area is 92.7 Å². The number of hydrogen-bond donors (Lipinski definition) is 2. The summed E-state index contributed by atoms with van der Waals surface area (Å²) in [5.74, 6) is -0.558. The van der Waals surface area contributed by atoms with Crippen LogP contribution in [0.2, 0.25) is 0 Å². The molecule has 3 atom stereocenters. The lowest BCUT2D eigenvalue weighted by molar-refractivity contribution is -0.149. The lowest BCUT2D eigenvalue weighted by Gasteiger charge is -2.26. The summed E-state index contributed by atoms with van der Waals surface area (Å²) >= 11 is 0. The normalized spacial score (nSPS) is 33.2. The molecule has 0 aromatic heterocycles. The fourth-order valence-electron chi connectivity index (χ4n) is 1.96. The van der Waals surface area contributed by atoms with Crippen molar-refractivity contribution in [1.29, 1.82) is 0 Å². The number of azide groups is 1. The molecule has 2 N–H and O–H groups in total. The van der Waals surface area contributed by atoms with Gasteiger partial charge in [-0.3, -0.25) is 4.79 Å². The van der Waals surface area contributed by atoms with Crippen LogP contribution in [0.25, 0.3) is 10.4 Å². The van der Waals surface area contributed by atoms with Gasteiger partial charge in [0.15, 0.2) is 0 Å². The number of aliphatic hydroxyl groups is 2. The predicted octanol–water partition coefficient (Wildman–Crippen LogP) is 0.504. The first-order valence-corrected chi connectivity index (χ1v) is 5.13. The molecule has 0 saturated heterocycles. The van der Waals surface area contributed by atoms with Gasteiger partial charge in [-0.15, -0.1) is 0 Å². The number of carbonyl (C=O) groups is 1. The van der Waals surface area contributed by atoms with Crippen LogP contribution in [-0.2, 0) is 9.53 Å². The van der Waals surface area contributed by atoms with E-state index in [1.54, 1.807) is 6.92 Å². The second-order valence-corrected chi connectivity index (χ2v) is 3.84. The minimum Gasteiger partial charge on any atom is -0.466 e. The summed E-state index contributed by atoms with van der Waals surface area (Å²) in [6, 6.07) is -0.984. The van der Waals surface area contributed by atoms with Crippen molar-refractivity contribution in [2.45, 2.75) is 43.9 Å². The molecule has 0 aromatic carbocycles. The molecule has 16 heavy (non-hydrogen) atoms. The Morgan fingerprint density at radius 1 is 1.75 bits per heavy atom. The van der Waals surface area contributed by atoms with E-state index >= 15 is 0 Å². The summed E-state index contributed by atoms with van der Waals surface area (Å²) in [6.07, 6.45) is -0.645. The number of carbonyl (C=O) groups excluding carboxylic acids is 1. The van der Waals surface area contributed by atoms with Crippen LogP contribution in [-0.4, -0.2) is 40.5 Å². The van der Waals surface area contributed by atoms with Crippen LogP contribution in [0, 0.1) is 0 Å². The molecule has 0 aromatic rings. The van der Waals surface area contributed by atoms with E-state index in [9.17, 15) is 15.0 Å². The Kier molecular flexibility index (Phi) is 4.12. The Bertz CT molecular complexity index is 316. The SMILES string of the molecule is CCOC(=O)C[C@@]1(O)CC[C@H](O)[C@H]1N=[N+]=[N-]. The van der Waals surface area contributed by atoms with E-state index in [0.717, 1.165) is 0 Å². The van der Waals surface area contributed by atoms with E-state index in [1.807, 2.05) is 0 Å². The largest absolute Gasteiger partial charge is 0.466 e. The first-order valence-electron chi connectivity index (χ1n) is 5.13. The van der Waals surface area contributed by atoms with Crippen molar-refractivity contribution < 1.29 is 19.7 Å². The van der Waals surface area contributed by atoms with Gasteiger partial charge in [0.25, 0.3) is 0 Å². The zero-order valence-corrected chi connectivity index (χ0v) is 9.04. The maximum atomic E-state index is 11.3. The molecule has 0 amide bonds. The molecule has 0 radical (unpaired) electrons. The van der Waals surface area contributed by atoms with Gasteiger partial charge in [-0.2, -0.15) is 0 Å². The molecule has 1 saturated carbocycles. The average molecular weight is 229 g/mol. The molecular formula is C9H15N3O4. The third kappa shape index (κ3) is 2.63. The van der Waals surface area contributed by atoms with Gasteiger partial charge in [-0.1, -0.05) is 5.11 Å².